The molecule has 106 valence electrons. The molecule has 1 heterocycles. The van der Waals surface area contributed by atoms with E-state index in [1.807, 2.05) is 11.3 Å². The van der Waals surface area contributed by atoms with Gasteiger partial charge in [0, 0.05) is 28.9 Å². The second-order valence-electron chi connectivity index (χ2n) is 6.59. The van der Waals surface area contributed by atoms with Crippen molar-refractivity contribution in [2.24, 2.45) is 17.6 Å². The number of nitrogens with zero attached hydrogens (tertiary/aromatic N) is 1. The summed E-state index contributed by atoms with van der Waals surface area (Å²) in [6.07, 6.45) is 5.71. The highest BCUT2D eigenvalue weighted by molar-refractivity contribution is 7.12. The first kappa shape index (κ1) is 13.6. The maximum Gasteiger partial charge on any atom is 0.0591 e. The van der Waals surface area contributed by atoms with Crippen LogP contribution < -0.4 is 5.73 Å². The van der Waals surface area contributed by atoms with Crippen LogP contribution >= 0.6 is 11.3 Å². The van der Waals surface area contributed by atoms with Crippen LogP contribution in [-0.4, -0.2) is 24.0 Å². The zero-order valence-electron chi connectivity index (χ0n) is 12.1. The largest absolute Gasteiger partial charge is 0.326 e. The maximum absolute atomic E-state index is 6.34. The summed E-state index contributed by atoms with van der Waals surface area (Å²) in [6, 6.07) is 5.18. The Labute approximate surface area is 121 Å². The van der Waals surface area contributed by atoms with Crippen molar-refractivity contribution in [3.05, 3.63) is 21.9 Å². The predicted octanol–water partition coefficient (Wildman–Crippen LogP) is 3.57. The summed E-state index contributed by atoms with van der Waals surface area (Å²) in [6.45, 7) is 6.89. The Hall–Kier alpha value is -0.380. The number of nitrogens with two attached hydrogens (primary N) is 1. The van der Waals surface area contributed by atoms with Crippen molar-refractivity contribution in [3.63, 3.8) is 0 Å². The third-order valence-electron chi connectivity index (χ3n) is 4.32. The van der Waals surface area contributed by atoms with Crippen LogP contribution in [0, 0.1) is 18.8 Å². The zero-order valence-corrected chi connectivity index (χ0v) is 13.0. The quantitative estimate of drug-likeness (QED) is 0.826. The molecule has 2 unspecified atom stereocenters. The monoisotopic (exact) mass is 278 g/mol. The Morgan fingerprint density at radius 1 is 1.21 bits per heavy atom. The van der Waals surface area contributed by atoms with Crippen LogP contribution in [0.3, 0.4) is 0 Å². The van der Waals surface area contributed by atoms with E-state index in [0.717, 1.165) is 11.8 Å². The summed E-state index contributed by atoms with van der Waals surface area (Å²) < 4.78 is 0. The second kappa shape index (κ2) is 5.55. The molecule has 0 spiro atoms. The van der Waals surface area contributed by atoms with Crippen LogP contribution in [0.25, 0.3) is 0 Å². The van der Waals surface area contributed by atoms with Gasteiger partial charge < -0.3 is 5.73 Å². The van der Waals surface area contributed by atoms with Crippen molar-refractivity contribution in [2.75, 3.05) is 13.1 Å². The van der Waals surface area contributed by atoms with Crippen molar-refractivity contribution in [3.8, 4) is 0 Å². The molecule has 0 aromatic carbocycles. The summed E-state index contributed by atoms with van der Waals surface area (Å²) in [5, 5.41) is 0. The molecule has 0 bridgehead atoms. The smallest absolute Gasteiger partial charge is 0.0591 e. The van der Waals surface area contributed by atoms with Gasteiger partial charge in [0.1, 0.15) is 0 Å². The molecule has 2 N–H and O–H groups in total. The molecule has 1 aromatic heterocycles. The van der Waals surface area contributed by atoms with Crippen LogP contribution in [0.4, 0.5) is 0 Å². The van der Waals surface area contributed by atoms with E-state index in [1.165, 1.54) is 48.5 Å². The first-order valence-corrected chi connectivity index (χ1v) is 8.51. The van der Waals surface area contributed by atoms with Gasteiger partial charge in [-0.15, -0.1) is 11.3 Å². The normalized spacial score (nSPS) is 22.7. The highest BCUT2D eigenvalue weighted by Crippen LogP contribution is 2.39. The number of thiophene rings is 1. The minimum atomic E-state index is 0.218. The van der Waals surface area contributed by atoms with Crippen molar-refractivity contribution >= 4 is 11.3 Å². The lowest BCUT2D eigenvalue weighted by Gasteiger charge is -2.34. The molecular formula is C16H26N2S. The van der Waals surface area contributed by atoms with Gasteiger partial charge in [0.15, 0.2) is 0 Å². The molecule has 1 aromatic rings. The molecule has 2 fully saturated rings. The van der Waals surface area contributed by atoms with Gasteiger partial charge in [-0.3, -0.25) is 4.90 Å². The Bertz CT molecular complexity index is 404. The maximum atomic E-state index is 6.34. The third kappa shape index (κ3) is 3.59. The zero-order chi connectivity index (χ0) is 13.4. The van der Waals surface area contributed by atoms with E-state index in [-0.39, 0.29) is 6.04 Å². The van der Waals surface area contributed by atoms with E-state index < -0.39 is 0 Å². The minimum absolute atomic E-state index is 0.218. The second-order valence-corrected chi connectivity index (χ2v) is 7.91. The molecule has 2 nitrogen and oxygen atoms in total. The fraction of sp³-hybridized carbons (Fsp3) is 0.750. The van der Waals surface area contributed by atoms with Gasteiger partial charge in [0.25, 0.3) is 0 Å². The molecule has 0 amide bonds. The van der Waals surface area contributed by atoms with E-state index in [0.29, 0.717) is 6.04 Å². The van der Waals surface area contributed by atoms with Crippen molar-refractivity contribution in [1.29, 1.82) is 0 Å². The Morgan fingerprint density at radius 3 is 2.16 bits per heavy atom. The van der Waals surface area contributed by atoms with E-state index >= 15 is 0 Å². The van der Waals surface area contributed by atoms with Crippen molar-refractivity contribution in [2.45, 2.75) is 51.6 Å². The molecule has 2 aliphatic carbocycles. The Balaban J connectivity index is 1.77. The Kier molecular flexibility index (Phi) is 3.97. The van der Waals surface area contributed by atoms with Gasteiger partial charge in [-0.25, -0.2) is 0 Å². The lowest BCUT2D eigenvalue weighted by molar-refractivity contribution is 0.164. The van der Waals surface area contributed by atoms with Crippen LogP contribution in [0.2, 0.25) is 0 Å². The molecule has 2 saturated carbocycles. The van der Waals surface area contributed by atoms with Gasteiger partial charge in [-0.2, -0.15) is 0 Å². The van der Waals surface area contributed by atoms with Gasteiger partial charge in [0.2, 0.25) is 0 Å². The molecule has 2 aliphatic rings. The molecule has 3 rings (SSSR count). The van der Waals surface area contributed by atoms with E-state index in [2.05, 4.69) is 30.9 Å². The van der Waals surface area contributed by atoms with Crippen molar-refractivity contribution < 1.29 is 0 Å². The number of hydrogen-bond acceptors (Lipinski definition) is 3. The predicted molar refractivity (Wildman–Crippen MR) is 82.5 cm³/mol. The number of hydrogen-bond donors (Lipinski definition) is 1. The van der Waals surface area contributed by atoms with Crippen LogP contribution in [0.1, 0.15) is 48.4 Å². The molecular weight excluding hydrogens is 252 g/mol. The minimum Gasteiger partial charge on any atom is -0.326 e. The van der Waals surface area contributed by atoms with Gasteiger partial charge >= 0.3 is 0 Å². The van der Waals surface area contributed by atoms with E-state index in [4.69, 9.17) is 5.73 Å². The lowest BCUT2D eigenvalue weighted by Crippen LogP contribution is -2.41. The fourth-order valence-electron chi connectivity index (χ4n) is 2.95. The molecule has 3 heteroatoms. The average Bonchev–Trinajstić information content (AvgIpc) is 3.24. The molecule has 0 saturated heterocycles. The summed E-state index contributed by atoms with van der Waals surface area (Å²) >= 11 is 1.93. The SMILES string of the molecule is Cc1ccc(C(C(C)N)N(CC2CC2)CC2CC2)s1. The van der Waals surface area contributed by atoms with Gasteiger partial charge in [-0.05, 0) is 63.5 Å². The first-order valence-electron chi connectivity index (χ1n) is 7.69. The van der Waals surface area contributed by atoms with Gasteiger partial charge in [-0.1, -0.05) is 0 Å². The van der Waals surface area contributed by atoms with Crippen molar-refractivity contribution in [1.82, 2.24) is 4.90 Å². The van der Waals surface area contributed by atoms with Crippen LogP contribution in [0.15, 0.2) is 12.1 Å². The standard InChI is InChI=1S/C16H26N2S/c1-11-3-8-15(19-11)16(12(2)17)18(9-13-4-5-13)10-14-6-7-14/h3,8,12-14,16H,4-7,9-10,17H2,1-2H3. The molecule has 0 radical (unpaired) electrons. The molecule has 2 atom stereocenters. The van der Waals surface area contributed by atoms with E-state index in [1.54, 1.807) is 0 Å². The number of aryl methyl sites for hydroxylation is 1. The third-order valence-corrected chi connectivity index (χ3v) is 5.39. The fourth-order valence-corrected chi connectivity index (χ4v) is 4.08. The molecule has 19 heavy (non-hydrogen) atoms. The summed E-state index contributed by atoms with van der Waals surface area (Å²) in [4.78, 5) is 5.57. The summed E-state index contributed by atoms with van der Waals surface area (Å²) in [5.74, 6) is 1.89. The number of rotatable bonds is 7. The highest BCUT2D eigenvalue weighted by atomic mass is 32.1. The Morgan fingerprint density at radius 2 is 1.79 bits per heavy atom. The summed E-state index contributed by atoms with van der Waals surface area (Å²) in [7, 11) is 0. The van der Waals surface area contributed by atoms with E-state index in [9.17, 15) is 0 Å². The average molecular weight is 278 g/mol. The first-order chi connectivity index (χ1) is 9.13. The van der Waals surface area contributed by atoms with Crippen LogP contribution in [-0.2, 0) is 0 Å². The summed E-state index contributed by atoms with van der Waals surface area (Å²) in [5.41, 5.74) is 6.34. The highest BCUT2D eigenvalue weighted by Gasteiger charge is 2.34. The topological polar surface area (TPSA) is 29.3 Å². The molecule has 0 aliphatic heterocycles. The van der Waals surface area contributed by atoms with Gasteiger partial charge in [0.05, 0.1) is 6.04 Å². The lowest BCUT2D eigenvalue weighted by atomic mass is 10.1. The van der Waals surface area contributed by atoms with Crippen LogP contribution in [0.5, 0.6) is 0 Å².